The number of carbonyl (C=O) groups is 3. The number of hydrogen-bond donors (Lipinski definition) is 1. The number of hydrogen-bond acceptors (Lipinski definition) is 5. The fourth-order valence-corrected chi connectivity index (χ4v) is 3.20. The van der Waals surface area contributed by atoms with Crippen molar-refractivity contribution >= 4 is 23.3 Å². The van der Waals surface area contributed by atoms with Gasteiger partial charge in [-0.1, -0.05) is 30.3 Å². The number of halogens is 1. The van der Waals surface area contributed by atoms with Crippen molar-refractivity contribution in [3.63, 3.8) is 0 Å². The largest absolute Gasteiger partial charge is 0.483 e. The minimum absolute atomic E-state index is 0.0268. The molecule has 0 aliphatic carbocycles. The number of rotatable bonds is 8. The summed E-state index contributed by atoms with van der Waals surface area (Å²) in [6, 6.07) is 15.7. The number of carbonyl (C=O) groups excluding carboxylic acids is 3. The molecule has 3 rings (SSSR count). The molecule has 0 aliphatic rings. The smallest absolute Gasteiger partial charge is 0.342 e. The second-order valence-electron chi connectivity index (χ2n) is 7.56. The molecule has 0 aliphatic heterocycles. The van der Waals surface area contributed by atoms with Gasteiger partial charge in [0.05, 0.1) is 5.69 Å². The maximum Gasteiger partial charge on any atom is 0.342 e. The highest BCUT2D eigenvalue weighted by Gasteiger charge is 2.18. The molecule has 0 radical (unpaired) electrons. The second kappa shape index (κ2) is 10.5. The van der Waals surface area contributed by atoms with Crippen molar-refractivity contribution in [1.29, 1.82) is 0 Å². The van der Waals surface area contributed by atoms with Crippen LogP contribution in [0.25, 0.3) is 0 Å². The zero-order valence-electron chi connectivity index (χ0n) is 18.6. The number of Topliss-reactive ketones (excluding diaryl/α,β-unsaturated/α-hetero) is 1. The van der Waals surface area contributed by atoms with E-state index in [1.165, 1.54) is 30.3 Å². The highest BCUT2D eigenvalue weighted by atomic mass is 19.1. The van der Waals surface area contributed by atoms with Crippen molar-refractivity contribution in [2.24, 2.45) is 0 Å². The zero-order valence-corrected chi connectivity index (χ0v) is 18.6. The van der Waals surface area contributed by atoms with Crippen molar-refractivity contribution in [3.8, 4) is 5.75 Å². The minimum Gasteiger partial charge on any atom is -0.483 e. The molecule has 33 heavy (non-hydrogen) atoms. The lowest BCUT2D eigenvalue weighted by atomic mass is 9.98. The summed E-state index contributed by atoms with van der Waals surface area (Å²) in [7, 11) is 0. The quantitative estimate of drug-likeness (QED) is 0.394. The van der Waals surface area contributed by atoms with Gasteiger partial charge < -0.3 is 14.8 Å². The van der Waals surface area contributed by atoms with Crippen LogP contribution >= 0.6 is 0 Å². The molecule has 0 saturated carbocycles. The van der Waals surface area contributed by atoms with Gasteiger partial charge >= 0.3 is 5.97 Å². The Balaban J connectivity index is 1.62. The van der Waals surface area contributed by atoms with Crippen molar-refractivity contribution in [2.45, 2.75) is 20.8 Å². The molecule has 0 aromatic heterocycles. The summed E-state index contributed by atoms with van der Waals surface area (Å²) in [5.41, 5.74) is 3.46. The Morgan fingerprint density at radius 1 is 0.818 bits per heavy atom. The number of aryl methyl sites for hydroxylation is 3. The Kier molecular flexibility index (Phi) is 7.56. The number of ether oxygens (including phenoxy) is 2. The van der Waals surface area contributed by atoms with E-state index in [4.69, 9.17) is 9.47 Å². The Hall–Kier alpha value is -4.00. The topological polar surface area (TPSA) is 81.7 Å². The molecule has 1 amide bonds. The molecule has 0 fully saturated rings. The van der Waals surface area contributed by atoms with E-state index >= 15 is 0 Å². The number of nitrogens with one attached hydrogen (secondary N) is 1. The number of benzene rings is 3. The van der Waals surface area contributed by atoms with Crippen LogP contribution in [0.3, 0.4) is 0 Å². The van der Waals surface area contributed by atoms with Gasteiger partial charge in [-0.05, 0) is 67.8 Å². The Bertz CT molecular complexity index is 1210. The number of esters is 1. The van der Waals surface area contributed by atoms with Crippen LogP contribution in [0.15, 0.2) is 60.7 Å². The van der Waals surface area contributed by atoms with Gasteiger partial charge in [-0.3, -0.25) is 9.59 Å². The maximum atomic E-state index is 13.7. The van der Waals surface area contributed by atoms with Gasteiger partial charge in [0.1, 0.15) is 17.1 Å². The van der Waals surface area contributed by atoms with Crippen molar-refractivity contribution in [2.75, 3.05) is 18.5 Å². The van der Waals surface area contributed by atoms with Crippen LogP contribution in [0.4, 0.5) is 10.1 Å². The molecular weight excluding hydrogens is 425 g/mol. The van der Waals surface area contributed by atoms with E-state index in [-0.39, 0.29) is 22.8 Å². The number of anilines is 1. The van der Waals surface area contributed by atoms with Gasteiger partial charge in [0, 0.05) is 5.56 Å². The van der Waals surface area contributed by atoms with Crippen LogP contribution < -0.4 is 10.1 Å². The van der Waals surface area contributed by atoms with Gasteiger partial charge in [0.2, 0.25) is 5.78 Å². The number of ketones is 1. The molecule has 0 saturated heterocycles. The van der Waals surface area contributed by atoms with E-state index in [0.29, 0.717) is 5.56 Å². The van der Waals surface area contributed by atoms with Crippen LogP contribution in [-0.4, -0.2) is 30.9 Å². The van der Waals surface area contributed by atoms with Crippen LogP contribution in [-0.2, 0) is 9.53 Å². The van der Waals surface area contributed by atoms with Crippen LogP contribution in [0.2, 0.25) is 0 Å². The Morgan fingerprint density at radius 2 is 1.48 bits per heavy atom. The third kappa shape index (κ3) is 6.04. The van der Waals surface area contributed by atoms with Gasteiger partial charge in [-0.2, -0.15) is 0 Å². The molecule has 0 atom stereocenters. The van der Waals surface area contributed by atoms with Crippen molar-refractivity contribution in [3.05, 3.63) is 94.3 Å². The SMILES string of the molecule is Cc1cc(C)c(C(=O)COC(=O)c2ccccc2OCC(=O)Nc2ccccc2F)cc1C. The molecule has 170 valence electrons. The monoisotopic (exact) mass is 449 g/mol. The lowest BCUT2D eigenvalue weighted by Crippen LogP contribution is -2.22. The summed E-state index contributed by atoms with van der Waals surface area (Å²) in [6.07, 6.45) is 0. The van der Waals surface area contributed by atoms with Gasteiger partial charge in [-0.25, -0.2) is 9.18 Å². The van der Waals surface area contributed by atoms with E-state index < -0.39 is 30.9 Å². The maximum absolute atomic E-state index is 13.7. The summed E-state index contributed by atoms with van der Waals surface area (Å²) in [5.74, 6) is -2.12. The standard InChI is InChI=1S/C26H24FNO5/c1-16-12-18(3)20(13-17(16)2)23(29)14-33-26(31)19-8-4-7-11-24(19)32-15-25(30)28-22-10-6-5-9-21(22)27/h4-13H,14-15H2,1-3H3,(H,28,30). The van der Waals surface area contributed by atoms with Crippen molar-refractivity contribution < 1.29 is 28.2 Å². The van der Waals surface area contributed by atoms with Crippen molar-refractivity contribution in [1.82, 2.24) is 0 Å². The average Bonchev–Trinajstić information content (AvgIpc) is 2.80. The molecule has 0 heterocycles. The predicted molar refractivity (Wildman–Crippen MR) is 122 cm³/mol. The molecule has 0 unspecified atom stereocenters. The number of para-hydroxylation sites is 2. The van der Waals surface area contributed by atoms with E-state index in [1.54, 1.807) is 24.3 Å². The summed E-state index contributed by atoms with van der Waals surface area (Å²) >= 11 is 0. The van der Waals surface area contributed by atoms with Gasteiger partial charge in [0.15, 0.2) is 13.2 Å². The average molecular weight is 449 g/mol. The first-order chi connectivity index (χ1) is 15.8. The summed E-state index contributed by atoms with van der Waals surface area (Å²) < 4.78 is 24.3. The Morgan fingerprint density at radius 3 is 2.24 bits per heavy atom. The highest BCUT2D eigenvalue weighted by Crippen LogP contribution is 2.20. The normalized spacial score (nSPS) is 10.4. The van der Waals surface area contributed by atoms with E-state index in [9.17, 15) is 18.8 Å². The first kappa shape index (κ1) is 23.7. The van der Waals surface area contributed by atoms with E-state index in [1.807, 2.05) is 26.8 Å². The third-order valence-corrected chi connectivity index (χ3v) is 5.09. The van der Waals surface area contributed by atoms with Crippen LogP contribution in [0, 0.1) is 26.6 Å². The van der Waals surface area contributed by atoms with Crippen LogP contribution in [0.5, 0.6) is 5.75 Å². The lowest BCUT2D eigenvalue weighted by molar-refractivity contribution is -0.118. The second-order valence-corrected chi connectivity index (χ2v) is 7.56. The fraction of sp³-hybridized carbons (Fsp3) is 0.192. The molecule has 6 nitrogen and oxygen atoms in total. The fourth-order valence-electron chi connectivity index (χ4n) is 3.20. The summed E-state index contributed by atoms with van der Waals surface area (Å²) in [4.78, 5) is 37.3. The molecule has 3 aromatic carbocycles. The van der Waals surface area contributed by atoms with Gasteiger partial charge in [-0.15, -0.1) is 0 Å². The summed E-state index contributed by atoms with van der Waals surface area (Å²) in [6.45, 7) is 4.83. The Labute approximate surface area is 191 Å². The lowest BCUT2D eigenvalue weighted by Gasteiger charge is -2.12. The van der Waals surface area contributed by atoms with Crippen LogP contribution in [0.1, 0.15) is 37.4 Å². The molecule has 0 bridgehead atoms. The number of amides is 1. The molecular formula is C26H24FNO5. The summed E-state index contributed by atoms with van der Waals surface area (Å²) in [5, 5.41) is 2.40. The first-order valence-corrected chi connectivity index (χ1v) is 10.3. The molecule has 1 N–H and O–H groups in total. The predicted octanol–water partition coefficient (Wildman–Crippen LogP) is 4.81. The molecule has 0 spiro atoms. The minimum atomic E-state index is -0.755. The first-order valence-electron chi connectivity index (χ1n) is 10.3. The third-order valence-electron chi connectivity index (χ3n) is 5.09. The van der Waals surface area contributed by atoms with E-state index in [0.717, 1.165) is 16.7 Å². The van der Waals surface area contributed by atoms with E-state index in [2.05, 4.69) is 5.32 Å². The van der Waals surface area contributed by atoms with Gasteiger partial charge in [0.25, 0.3) is 5.91 Å². The zero-order chi connectivity index (χ0) is 24.0. The molecule has 3 aromatic rings. The molecule has 7 heteroatoms. The highest BCUT2D eigenvalue weighted by molar-refractivity contribution is 6.01.